The molecule has 0 radical (unpaired) electrons. The van der Waals surface area contributed by atoms with Crippen LogP contribution in [0.5, 0.6) is 0 Å². The van der Waals surface area contributed by atoms with E-state index in [2.05, 4.69) is 51.8 Å². The van der Waals surface area contributed by atoms with Gasteiger partial charge in [-0.15, -0.1) is 0 Å². The SMILES string of the molecule is CC(C)CCC[C@@H](C)[C@H]1CC[C@H]2[C@@H]3CC=C4C(=CN(C)C)C(=O)CC[C@]4(C)[C@H]3CC[C@]12C. The van der Waals surface area contributed by atoms with Gasteiger partial charge in [0.15, 0.2) is 5.78 Å². The third kappa shape index (κ3) is 4.03. The van der Waals surface area contributed by atoms with Crippen LogP contribution in [-0.4, -0.2) is 24.8 Å². The Hall–Kier alpha value is -1.05. The number of fused-ring (bicyclic) bond motifs is 5. The number of rotatable bonds is 6. The molecule has 0 aromatic heterocycles. The van der Waals surface area contributed by atoms with Gasteiger partial charge in [-0.25, -0.2) is 0 Å². The predicted molar refractivity (Wildman–Crippen MR) is 135 cm³/mol. The number of allylic oxidation sites excluding steroid dienone is 3. The molecule has 7 atom stereocenters. The summed E-state index contributed by atoms with van der Waals surface area (Å²) in [5.41, 5.74) is 3.14. The van der Waals surface area contributed by atoms with Gasteiger partial charge in [0.25, 0.3) is 0 Å². The van der Waals surface area contributed by atoms with Gasteiger partial charge in [-0.05, 0) is 90.4 Å². The molecule has 180 valence electrons. The number of hydrogen-bond donors (Lipinski definition) is 0. The van der Waals surface area contributed by atoms with E-state index in [4.69, 9.17) is 0 Å². The lowest BCUT2D eigenvalue weighted by Crippen LogP contribution is -2.51. The van der Waals surface area contributed by atoms with Crippen molar-refractivity contribution >= 4 is 5.78 Å². The van der Waals surface area contributed by atoms with Crippen molar-refractivity contribution in [3.8, 4) is 0 Å². The van der Waals surface area contributed by atoms with Crippen molar-refractivity contribution in [3.05, 3.63) is 23.4 Å². The molecule has 4 aliphatic carbocycles. The average molecular weight is 440 g/mol. The molecular formula is C30H49NO. The van der Waals surface area contributed by atoms with Crippen LogP contribution in [0.3, 0.4) is 0 Å². The first-order valence-corrected chi connectivity index (χ1v) is 13.7. The number of nitrogens with zero attached hydrogens (tertiary/aromatic N) is 1. The van der Waals surface area contributed by atoms with Crippen LogP contribution < -0.4 is 0 Å². The number of ketones is 1. The highest BCUT2D eigenvalue weighted by atomic mass is 16.1. The van der Waals surface area contributed by atoms with E-state index in [0.29, 0.717) is 11.2 Å². The van der Waals surface area contributed by atoms with E-state index in [-0.39, 0.29) is 5.41 Å². The summed E-state index contributed by atoms with van der Waals surface area (Å²) in [5.74, 6) is 5.44. The normalized spacial score (nSPS) is 41.2. The van der Waals surface area contributed by atoms with E-state index < -0.39 is 0 Å². The van der Waals surface area contributed by atoms with Gasteiger partial charge in [-0.1, -0.05) is 60.0 Å². The molecule has 0 unspecified atom stereocenters. The van der Waals surface area contributed by atoms with Crippen molar-refractivity contribution in [2.45, 2.75) is 98.8 Å². The standard InChI is InChI=1S/C30H49NO/c1-20(2)9-8-10-21(3)24-13-14-25-22-11-12-26-23(19-31(6)7)28(32)16-18-30(26,5)27(22)15-17-29(24,25)4/h12,19-22,24-25,27H,8-11,13-18H2,1-7H3/t21-,22+,24-,25+,27+,29-,30+/m1/s1. The van der Waals surface area contributed by atoms with E-state index in [9.17, 15) is 4.79 Å². The Bertz CT molecular complexity index is 776. The van der Waals surface area contributed by atoms with Crippen LogP contribution >= 0.6 is 0 Å². The van der Waals surface area contributed by atoms with Gasteiger partial charge in [0.1, 0.15) is 0 Å². The largest absolute Gasteiger partial charge is 0.383 e. The van der Waals surface area contributed by atoms with Crippen molar-refractivity contribution in [3.63, 3.8) is 0 Å². The van der Waals surface area contributed by atoms with Gasteiger partial charge < -0.3 is 4.90 Å². The van der Waals surface area contributed by atoms with E-state index >= 15 is 0 Å². The lowest BCUT2D eigenvalue weighted by atomic mass is 9.46. The van der Waals surface area contributed by atoms with E-state index in [1.54, 1.807) is 0 Å². The van der Waals surface area contributed by atoms with Gasteiger partial charge in [-0.3, -0.25) is 4.79 Å². The molecule has 2 heteroatoms. The quantitative estimate of drug-likeness (QED) is 0.396. The van der Waals surface area contributed by atoms with Crippen molar-refractivity contribution in [2.75, 3.05) is 14.1 Å². The van der Waals surface area contributed by atoms with Crippen LogP contribution in [0.2, 0.25) is 0 Å². The third-order valence-corrected chi connectivity index (χ3v) is 10.5. The highest BCUT2D eigenvalue weighted by Crippen LogP contribution is 2.67. The summed E-state index contributed by atoms with van der Waals surface area (Å²) in [7, 11) is 4.09. The zero-order chi connectivity index (χ0) is 23.3. The first kappa shape index (κ1) is 24.1. The van der Waals surface area contributed by atoms with Gasteiger partial charge >= 0.3 is 0 Å². The Kier molecular flexibility index (Phi) is 6.74. The molecule has 0 aliphatic heterocycles. The minimum atomic E-state index is 0.195. The zero-order valence-electron chi connectivity index (χ0n) is 22.0. The molecule has 0 N–H and O–H groups in total. The number of carbonyl (C=O) groups is 1. The predicted octanol–water partition coefficient (Wildman–Crippen LogP) is 7.65. The number of carbonyl (C=O) groups excluding carboxylic acids is 1. The van der Waals surface area contributed by atoms with Crippen molar-refractivity contribution < 1.29 is 4.79 Å². The summed E-state index contributed by atoms with van der Waals surface area (Å²) in [6.45, 7) is 12.5. The van der Waals surface area contributed by atoms with Crippen LogP contribution in [0.4, 0.5) is 0 Å². The third-order valence-electron chi connectivity index (χ3n) is 10.5. The van der Waals surface area contributed by atoms with E-state index in [1.165, 1.54) is 56.9 Å². The lowest BCUT2D eigenvalue weighted by Gasteiger charge is -2.58. The van der Waals surface area contributed by atoms with Gasteiger partial charge in [-0.2, -0.15) is 0 Å². The maximum absolute atomic E-state index is 12.8. The second-order valence-corrected chi connectivity index (χ2v) is 13.1. The van der Waals surface area contributed by atoms with E-state index in [0.717, 1.165) is 53.9 Å². The number of hydrogen-bond acceptors (Lipinski definition) is 2. The van der Waals surface area contributed by atoms with Gasteiger partial charge in [0, 0.05) is 32.3 Å². The van der Waals surface area contributed by atoms with Crippen LogP contribution in [0.25, 0.3) is 0 Å². The molecule has 0 aromatic rings. The first-order valence-electron chi connectivity index (χ1n) is 13.7. The minimum absolute atomic E-state index is 0.195. The minimum Gasteiger partial charge on any atom is -0.383 e. The molecule has 0 heterocycles. The number of Topliss-reactive ketones (excluding diaryl/α,β-unsaturated/α-hetero) is 1. The Morgan fingerprint density at radius 1 is 1.06 bits per heavy atom. The fourth-order valence-corrected chi connectivity index (χ4v) is 8.91. The average Bonchev–Trinajstić information content (AvgIpc) is 3.07. The first-order chi connectivity index (χ1) is 15.1. The maximum Gasteiger partial charge on any atom is 0.164 e. The summed E-state index contributed by atoms with van der Waals surface area (Å²) >= 11 is 0. The van der Waals surface area contributed by atoms with Crippen LogP contribution in [0, 0.1) is 46.3 Å². The van der Waals surface area contributed by atoms with Crippen LogP contribution in [0.15, 0.2) is 23.4 Å². The lowest BCUT2D eigenvalue weighted by molar-refractivity contribution is -0.118. The molecule has 2 nitrogen and oxygen atoms in total. The fraction of sp³-hybridized carbons (Fsp3) is 0.833. The molecule has 0 spiro atoms. The van der Waals surface area contributed by atoms with Crippen molar-refractivity contribution in [1.29, 1.82) is 0 Å². The molecule has 3 saturated carbocycles. The van der Waals surface area contributed by atoms with Crippen LogP contribution in [0.1, 0.15) is 98.8 Å². The summed E-state index contributed by atoms with van der Waals surface area (Å²) < 4.78 is 0. The molecule has 0 bridgehead atoms. The molecule has 4 rings (SSSR count). The van der Waals surface area contributed by atoms with Gasteiger partial charge in [0.05, 0.1) is 0 Å². The van der Waals surface area contributed by atoms with E-state index in [1.807, 2.05) is 14.1 Å². The second-order valence-electron chi connectivity index (χ2n) is 13.1. The summed E-state index contributed by atoms with van der Waals surface area (Å²) in [6, 6.07) is 0. The molecule has 32 heavy (non-hydrogen) atoms. The molecule has 0 aromatic carbocycles. The molecule has 0 amide bonds. The topological polar surface area (TPSA) is 20.3 Å². The molecular weight excluding hydrogens is 390 g/mol. The summed E-state index contributed by atoms with van der Waals surface area (Å²) in [6.07, 6.45) is 17.5. The maximum atomic E-state index is 12.8. The summed E-state index contributed by atoms with van der Waals surface area (Å²) in [5, 5.41) is 0. The Balaban J connectivity index is 1.56. The molecule has 3 fully saturated rings. The zero-order valence-corrected chi connectivity index (χ0v) is 22.0. The second kappa shape index (κ2) is 8.95. The fourth-order valence-electron chi connectivity index (χ4n) is 8.91. The smallest absolute Gasteiger partial charge is 0.164 e. The van der Waals surface area contributed by atoms with Crippen LogP contribution in [-0.2, 0) is 4.79 Å². The Labute approximate surface area is 198 Å². The molecule has 0 saturated heterocycles. The highest BCUT2D eigenvalue weighted by Gasteiger charge is 2.59. The van der Waals surface area contributed by atoms with Crippen molar-refractivity contribution in [1.82, 2.24) is 4.90 Å². The Morgan fingerprint density at radius 2 is 1.81 bits per heavy atom. The van der Waals surface area contributed by atoms with Crippen molar-refractivity contribution in [2.24, 2.45) is 46.3 Å². The summed E-state index contributed by atoms with van der Waals surface area (Å²) in [4.78, 5) is 14.9. The molecule has 4 aliphatic rings. The highest BCUT2D eigenvalue weighted by molar-refractivity contribution is 6.01. The Morgan fingerprint density at radius 3 is 2.50 bits per heavy atom. The monoisotopic (exact) mass is 439 g/mol. The van der Waals surface area contributed by atoms with Gasteiger partial charge in [0.2, 0.25) is 0 Å².